The number of nitrogens with zero attached hydrogens (tertiary/aromatic N) is 2. The normalized spacial score (nSPS) is 14.6. The Morgan fingerprint density at radius 1 is 1.10 bits per heavy atom. The first-order valence-corrected chi connectivity index (χ1v) is 11.5. The van der Waals surface area contributed by atoms with Gasteiger partial charge in [0.05, 0.1) is 16.7 Å². The minimum absolute atomic E-state index is 0.116. The highest BCUT2D eigenvalue weighted by molar-refractivity contribution is 7.89. The summed E-state index contributed by atoms with van der Waals surface area (Å²) in [7, 11) is -3.48. The molecular formula is C22H22FN3O4S. The van der Waals surface area contributed by atoms with Crippen LogP contribution < -0.4 is 5.32 Å². The molecule has 31 heavy (non-hydrogen) atoms. The standard InChI is InChI=1S/C22H22FN3O4S/c23-19-6-2-1-5-18(19)20-15-24-22(30-20)12-11-21(27)25-16-7-9-17(10-8-16)31(28,29)26-13-3-4-14-26/h1-2,5-10,15H,3-4,11-14H2,(H,25,27). The second-order valence-corrected chi connectivity index (χ2v) is 9.22. The highest BCUT2D eigenvalue weighted by Gasteiger charge is 2.26. The van der Waals surface area contributed by atoms with E-state index >= 15 is 0 Å². The zero-order valence-corrected chi connectivity index (χ0v) is 17.6. The molecule has 0 bridgehead atoms. The van der Waals surface area contributed by atoms with Crippen molar-refractivity contribution in [1.82, 2.24) is 9.29 Å². The summed E-state index contributed by atoms with van der Waals surface area (Å²) in [5.41, 5.74) is 0.819. The van der Waals surface area contributed by atoms with Crippen molar-refractivity contribution in [2.24, 2.45) is 0 Å². The molecule has 7 nitrogen and oxygen atoms in total. The highest BCUT2D eigenvalue weighted by Crippen LogP contribution is 2.24. The van der Waals surface area contributed by atoms with Crippen LogP contribution in [0.15, 0.2) is 64.0 Å². The van der Waals surface area contributed by atoms with Gasteiger partial charge in [-0.3, -0.25) is 4.79 Å². The second-order valence-electron chi connectivity index (χ2n) is 7.28. The molecule has 162 valence electrons. The number of amides is 1. The number of oxazole rings is 1. The Kier molecular flexibility index (Phi) is 6.15. The summed E-state index contributed by atoms with van der Waals surface area (Å²) in [6.07, 6.45) is 3.55. The average Bonchev–Trinajstić information content (AvgIpc) is 3.46. The Labute approximate surface area is 180 Å². The van der Waals surface area contributed by atoms with Gasteiger partial charge >= 0.3 is 0 Å². The first kappa shape index (κ1) is 21.2. The van der Waals surface area contributed by atoms with Crippen molar-refractivity contribution in [2.75, 3.05) is 18.4 Å². The molecule has 4 rings (SSSR count). The van der Waals surface area contributed by atoms with Gasteiger partial charge in [-0.1, -0.05) is 12.1 Å². The Balaban J connectivity index is 1.33. The number of anilines is 1. The smallest absolute Gasteiger partial charge is 0.243 e. The summed E-state index contributed by atoms with van der Waals surface area (Å²) in [6.45, 7) is 1.08. The van der Waals surface area contributed by atoms with E-state index in [4.69, 9.17) is 4.42 Å². The predicted molar refractivity (Wildman–Crippen MR) is 113 cm³/mol. The minimum Gasteiger partial charge on any atom is -0.441 e. The van der Waals surface area contributed by atoms with Crippen LogP contribution in [0.3, 0.4) is 0 Å². The van der Waals surface area contributed by atoms with Crippen LogP contribution >= 0.6 is 0 Å². The highest BCUT2D eigenvalue weighted by atomic mass is 32.2. The zero-order valence-electron chi connectivity index (χ0n) is 16.8. The third-order valence-electron chi connectivity index (χ3n) is 5.10. The predicted octanol–water partition coefficient (Wildman–Crippen LogP) is 3.84. The molecule has 1 aromatic heterocycles. The maximum atomic E-state index is 13.8. The van der Waals surface area contributed by atoms with Crippen LogP contribution in [-0.2, 0) is 21.2 Å². The molecule has 1 amide bonds. The third kappa shape index (κ3) is 4.83. The van der Waals surface area contributed by atoms with Crippen molar-refractivity contribution in [3.8, 4) is 11.3 Å². The van der Waals surface area contributed by atoms with Crippen LogP contribution in [0.5, 0.6) is 0 Å². The molecule has 1 N–H and O–H groups in total. The SMILES string of the molecule is O=C(CCc1ncc(-c2ccccc2F)o1)Nc1ccc(S(=O)(=O)N2CCCC2)cc1. The number of aromatic nitrogens is 1. The van der Waals surface area contributed by atoms with Gasteiger partial charge in [0.15, 0.2) is 11.7 Å². The summed E-state index contributed by atoms with van der Waals surface area (Å²) in [6, 6.07) is 12.4. The van der Waals surface area contributed by atoms with Gasteiger partial charge in [-0.25, -0.2) is 17.8 Å². The number of sulfonamides is 1. The molecule has 2 aromatic carbocycles. The number of benzene rings is 2. The van der Waals surface area contributed by atoms with Crippen molar-refractivity contribution in [3.63, 3.8) is 0 Å². The molecule has 0 aliphatic carbocycles. The van der Waals surface area contributed by atoms with Gasteiger partial charge in [-0.15, -0.1) is 0 Å². The Bertz CT molecular complexity index is 1170. The Hall–Kier alpha value is -3.04. The van der Waals surface area contributed by atoms with Gasteiger partial charge in [0.25, 0.3) is 0 Å². The van der Waals surface area contributed by atoms with E-state index in [9.17, 15) is 17.6 Å². The van der Waals surface area contributed by atoms with E-state index in [1.54, 1.807) is 30.3 Å². The van der Waals surface area contributed by atoms with Gasteiger partial charge in [0.1, 0.15) is 5.82 Å². The van der Waals surface area contributed by atoms with Gasteiger partial charge in [-0.05, 0) is 49.2 Å². The number of aryl methyl sites for hydroxylation is 1. The molecule has 3 aromatic rings. The largest absolute Gasteiger partial charge is 0.441 e. The number of carbonyl (C=O) groups excluding carboxylic acids is 1. The van der Waals surface area contributed by atoms with Crippen LogP contribution in [0.2, 0.25) is 0 Å². The van der Waals surface area contributed by atoms with Gasteiger partial charge in [-0.2, -0.15) is 4.31 Å². The average molecular weight is 444 g/mol. The molecular weight excluding hydrogens is 421 g/mol. The van der Waals surface area contributed by atoms with Crippen LogP contribution in [0.4, 0.5) is 10.1 Å². The third-order valence-corrected chi connectivity index (χ3v) is 7.01. The number of rotatable bonds is 7. The molecule has 1 fully saturated rings. The van der Waals surface area contributed by atoms with E-state index < -0.39 is 15.8 Å². The molecule has 0 radical (unpaired) electrons. The molecule has 1 aliphatic heterocycles. The lowest BCUT2D eigenvalue weighted by Gasteiger charge is -2.15. The van der Waals surface area contributed by atoms with E-state index in [1.807, 2.05) is 0 Å². The molecule has 0 saturated carbocycles. The summed E-state index contributed by atoms with van der Waals surface area (Å²) in [5.74, 6) is -0.0253. The van der Waals surface area contributed by atoms with E-state index in [0.717, 1.165) is 12.8 Å². The fraction of sp³-hybridized carbons (Fsp3) is 0.273. The maximum absolute atomic E-state index is 13.8. The zero-order chi connectivity index (χ0) is 21.8. The first-order valence-electron chi connectivity index (χ1n) is 10.0. The topological polar surface area (TPSA) is 92.5 Å². The van der Waals surface area contributed by atoms with Crippen molar-refractivity contribution < 1.29 is 22.0 Å². The molecule has 1 saturated heterocycles. The van der Waals surface area contributed by atoms with Crippen molar-refractivity contribution in [2.45, 2.75) is 30.6 Å². The lowest BCUT2D eigenvalue weighted by atomic mass is 10.2. The van der Waals surface area contributed by atoms with Gasteiger partial charge in [0, 0.05) is 31.6 Å². The number of halogens is 1. The van der Waals surface area contributed by atoms with Gasteiger partial charge < -0.3 is 9.73 Å². The molecule has 0 atom stereocenters. The second kappa shape index (κ2) is 8.99. The summed E-state index contributed by atoms with van der Waals surface area (Å²) >= 11 is 0. The quantitative estimate of drug-likeness (QED) is 0.599. The molecule has 1 aliphatic rings. The summed E-state index contributed by atoms with van der Waals surface area (Å²) in [4.78, 5) is 16.6. The first-order chi connectivity index (χ1) is 14.9. The maximum Gasteiger partial charge on any atom is 0.243 e. The van der Waals surface area contributed by atoms with Crippen molar-refractivity contribution in [1.29, 1.82) is 0 Å². The van der Waals surface area contributed by atoms with Crippen LogP contribution in [-0.4, -0.2) is 36.7 Å². The monoisotopic (exact) mass is 443 g/mol. The summed E-state index contributed by atoms with van der Waals surface area (Å²) < 4.78 is 46.0. The van der Waals surface area contributed by atoms with E-state index in [1.165, 1.54) is 28.7 Å². The lowest BCUT2D eigenvalue weighted by Crippen LogP contribution is -2.27. The molecule has 0 spiro atoms. The van der Waals surface area contributed by atoms with Crippen LogP contribution in [0.25, 0.3) is 11.3 Å². The Morgan fingerprint density at radius 3 is 2.52 bits per heavy atom. The fourth-order valence-corrected chi connectivity index (χ4v) is 4.96. The Morgan fingerprint density at radius 2 is 1.81 bits per heavy atom. The molecule has 0 unspecified atom stereocenters. The van der Waals surface area contributed by atoms with Crippen LogP contribution in [0, 0.1) is 5.82 Å². The number of carbonyl (C=O) groups is 1. The van der Waals surface area contributed by atoms with Gasteiger partial charge in [0.2, 0.25) is 15.9 Å². The van der Waals surface area contributed by atoms with Crippen LogP contribution in [0.1, 0.15) is 25.2 Å². The minimum atomic E-state index is -3.48. The van der Waals surface area contributed by atoms with E-state index in [-0.39, 0.29) is 23.6 Å². The van der Waals surface area contributed by atoms with E-state index in [0.29, 0.717) is 36.0 Å². The molecule has 2 heterocycles. The van der Waals surface area contributed by atoms with Crippen molar-refractivity contribution >= 4 is 21.6 Å². The number of nitrogens with one attached hydrogen (secondary N) is 1. The number of hydrogen-bond acceptors (Lipinski definition) is 5. The summed E-state index contributed by atoms with van der Waals surface area (Å²) in [5, 5.41) is 2.73. The van der Waals surface area contributed by atoms with E-state index in [2.05, 4.69) is 10.3 Å². The fourth-order valence-electron chi connectivity index (χ4n) is 3.44. The lowest BCUT2D eigenvalue weighted by molar-refractivity contribution is -0.116. The molecule has 9 heteroatoms. The number of hydrogen-bond donors (Lipinski definition) is 1. The van der Waals surface area contributed by atoms with Crippen molar-refractivity contribution in [3.05, 3.63) is 66.4 Å².